The first kappa shape index (κ1) is 24.0. The lowest BCUT2D eigenvalue weighted by Gasteiger charge is -2.17. The van der Waals surface area contributed by atoms with Crippen molar-refractivity contribution in [2.45, 2.75) is 39.5 Å². The minimum absolute atomic E-state index is 0.0568. The van der Waals surface area contributed by atoms with E-state index in [9.17, 15) is 9.59 Å². The van der Waals surface area contributed by atoms with Gasteiger partial charge in [-0.1, -0.05) is 51.1 Å². The highest BCUT2D eigenvalue weighted by Crippen LogP contribution is 2.27. The lowest BCUT2D eigenvalue weighted by Crippen LogP contribution is -2.36. The number of aromatic nitrogens is 2. The molecule has 2 aromatic carbocycles. The summed E-state index contributed by atoms with van der Waals surface area (Å²) in [6.45, 7) is 8.18. The quantitative estimate of drug-likeness (QED) is 0.590. The molecule has 3 aromatic rings. The molecule has 1 N–H and O–H groups in total. The van der Waals surface area contributed by atoms with E-state index in [4.69, 9.17) is 9.84 Å². The van der Waals surface area contributed by atoms with Crippen LogP contribution >= 0.6 is 0 Å². The molecule has 0 aliphatic rings. The maximum atomic E-state index is 12.8. The lowest BCUT2D eigenvalue weighted by molar-refractivity contribution is -0.132. The first-order valence-electron chi connectivity index (χ1n) is 10.9. The van der Waals surface area contributed by atoms with Gasteiger partial charge >= 0.3 is 0 Å². The van der Waals surface area contributed by atoms with E-state index in [1.165, 1.54) is 4.90 Å². The van der Waals surface area contributed by atoms with E-state index in [1.54, 1.807) is 18.8 Å². The summed E-state index contributed by atoms with van der Waals surface area (Å²) in [4.78, 5) is 26.9. The van der Waals surface area contributed by atoms with Crippen LogP contribution in [0.2, 0.25) is 0 Å². The van der Waals surface area contributed by atoms with Crippen molar-refractivity contribution in [2.24, 2.45) is 0 Å². The van der Waals surface area contributed by atoms with Gasteiger partial charge in [-0.3, -0.25) is 9.59 Å². The fourth-order valence-electron chi connectivity index (χ4n) is 3.36. The summed E-state index contributed by atoms with van der Waals surface area (Å²) >= 11 is 0. The van der Waals surface area contributed by atoms with Gasteiger partial charge in [0.05, 0.1) is 31.5 Å². The van der Waals surface area contributed by atoms with Crippen LogP contribution < -0.4 is 10.1 Å². The maximum absolute atomic E-state index is 12.8. The van der Waals surface area contributed by atoms with Crippen LogP contribution in [-0.2, 0) is 21.4 Å². The Balaban J connectivity index is 1.73. The summed E-state index contributed by atoms with van der Waals surface area (Å²) in [5.41, 5.74) is 3.49. The molecule has 2 amide bonds. The van der Waals surface area contributed by atoms with Gasteiger partial charge in [0.2, 0.25) is 11.8 Å². The zero-order valence-corrected chi connectivity index (χ0v) is 20.2. The lowest BCUT2D eigenvalue weighted by atomic mass is 9.92. The van der Waals surface area contributed by atoms with Gasteiger partial charge in [0.1, 0.15) is 11.6 Å². The smallest absolute Gasteiger partial charge is 0.245 e. The molecule has 0 radical (unpaired) electrons. The summed E-state index contributed by atoms with van der Waals surface area (Å²) in [6.07, 6.45) is 0.211. The Bertz CT molecular complexity index is 1130. The van der Waals surface area contributed by atoms with Gasteiger partial charge in [-0.05, 0) is 36.2 Å². The average molecular weight is 449 g/mol. The van der Waals surface area contributed by atoms with Crippen LogP contribution in [0.5, 0.6) is 5.75 Å². The van der Waals surface area contributed by atoms with Crippen molar-refractivity contribution in [3.05, 3.63) is 71.4 Å². The Kier molecular flexibility index (Phi) is 7.21. The van der Waals surface area contributed by atoms with Gasteiger partial charge in [-0.2, -0.15) is 5.10 Å². The zero-order chi connectivity index (χ0) is 24.2. The molecular formula is C26H32N4O3. The van der Waals surface area contributed by atoms with Gasteiger partial charge in [0, 0.05) is 18.5 Å². The Morgan fingerprint density at radius 3 is 2.36 bits per heavy atom. The summed E-state index contributed by atoms with van der Waals surface area (Å²) < 4.78 is 6.90. The van der Waals surface area contributed by atoms with Crippen molar-refractivity contribution in [1.29, 1.82) is 0 Å². The molecular weight excluding hydrogens is 416 g/mol. The monoisotopic (exact) mass is 448 g/mol. The predicted octanol–water partition coefficient (Wildman–Crippen LogP) is 4.13. The van der Waals surface area contributed by atoms with Gasteiger partial charge < -0.3 is 15.0 Å². The SMILES string of the molecule is COc1ccc(CC(=O)N(C)CC(=O)Nc2cc(C(C)(C)C)nn2-c2ccccc2C)cc1. The Hall–Kier alpha value is -3.61. The number of ether oxygens (including phenoxy) is 1. The summed E-state index contributed by atoms with van der Waals surface area (Å²) in [5, 5.41) is 7.71. The average Bonchev–Trinajstić information content (AvgIpc) is 3.18. The van der Waals surface area contributed by atoms with E-state index in [-0.39, 0.29) is 30.2 Å². The molecule has 1 heterocycles. The topological polar surface area (TPSA) is 76.5 Å². The molecule has 0 atom stereocenters. The van der Waals surface area contributed by atoms with Crippen LogP contribution in [0.3, 0.4) is 0 Å². The number of rotatable bonds is 7. The van der Waals surface area contributed by atoms with Crippen molar-refractivity contribution >= 4 is 17.6 Å². The molecule has 174 valence electrons. The molecule has 0 saturated carbocycles. The van der Waals surface area contributed by atoms with Gasteiger partial charge in [-0.25, -0.2) is 4.68 Å². The van der Waals surface area contributed by atoms with Crippen LogP contribution in [0.4, 0.5) is 5.82 Å². The van der Waals surface area contributed by atoms with Crippen LogP contribution in [-0.4, -0.2) is 47.2 Å². The highest BCUT2D eigenvalue weighted by atomic mass is 16.5. The first-order chi connectivity index (χ1) is 15.6. The normalized spacial score (nSPS) is 11.2. The number of likely N-dealkylation sites (N-methyl/N-ethyl adjacent to an activating group) is 1. The molecule has 0 saturated heterocycles. The molecule has 0 aliphatic carbocycles. The van der Waals surface area contributed by atoms with Gasteiger partial charge in [0.25, 0.3) is 0 Å². The number of benzene rings is 2. The number of methoxy groups -OCH3 is 1. The molecule has 0 spiro atoms. The van der Waals surface area contributed by atoms with Gasteiger partial charge in [-0.15, -0.1) is 0 Å². The van der Waals surface area contributed by atoms with E-state index in [0.717, 1.165) is 28.3 Å². The summed E-state index contributed by atoms with van der Waals surface area (Å²) in [6, 6.07) is 17.1. The van der Waals surface area contributed by atoms with Crippen molar-refractivity contribution in [1.82, 2.24) is 14.7 Å². The third kappa shape index (κ3) is 6.00. The predicted molar refractivity (Wildman–Crippen MR) is 130 cm³/mol. The second-order valence-corrected chi connectivity index (χ2v) is 9.19. The van der Waals surface area contributed by atoms with Crippen LogP contribution in [0.25, 0.3) is 5.69 Å². The molecule has 7 nitrogen and oxygen atoms in total. The first-order valence-corrected chi connectivity index (χ1v) is 10.9. The van der Waals surface area contributed by atoms with Crippen molar-refractivity contribution in [3.8, 4) is 11.4 Å². The minimum atomic E-state index is -0.282. The van der Waals surface area contributed by atoms with Crippen LogP contribution in [0.1, 0.15) is 37.6 Å². The number of anilines is 1. The third-order valence-corrected chi connectivity index (χ3v) is 5.41. The highest BCUT2D eigenvalue weighted by molar-refractivity contribution is 5.94. The zero-order valence-electron chi connectivity index (χ0n) is 20.2. The van der Waals surface area contributed by atoms with Crippen molar-refractivity contribution in [3.63, 3.8) is 0 Å². The van der Waals surface area contributed by atoms with Crippen molar-refractivity contribution < 1.29 is 14.3 Å². The van der Waals surface area contributed by atoms with Gasteiger partial charge in [0.15, 0.2) is 0 Å². The van der Waals surface area contributed by atoms with Crippen LogP contribution in [0.15, 0.2) is 54.6 Å². The molecule has 0 unspecified atom stereocenters. The fraction of sp³-hybridized carbons (Fsp3) is 0.346. The number of nitrogens with one attached hydrogen (secondary N) is 1. The molecule has 0 aliphatic heterocycles. The molecule has 0 fully saturated rings. The third-order valence-electron chi connectivity index (χ3n) is 5.41. The number of aryl methyl sites for hydroxylation is 1. The molecule has 3 rings (SSSR count). The minimum Gasteiger partial charge on any atom is -0.497 e. The van der Waals surface area contributed by atoms with E-state index < -0.39 is 0 Å². The number of hydrogen-bond donors (Lipinski definition) is 1. The Morgan fingerprint density at radius 1 is 1.09 bits per heavy atom. The standard InChI is InChI=1S/C26H32N4O3/c1-18-9-7-8-10-21(18)30-23(16-22(28-30)26(2,3)4)27-24(31)17-29(5)25(32)15-19-11-13-20(33-6)14-12-19/h7-14,16H,15,17H2,1-6H3,(H,27,31). The number of carbonyl (C=O) groups is 2. The largest absolute Gasteiger partial charge is 0.497 e. The highest BCUT2D eigenvalue weighted by Gasteiger charge is 2.22. The van der Waals surface area contributed by atoms with Crippen LogP contribution in [0, 0.1) is 6.92 Å². The summed E-state index contributed by atoms with van der Waals surface area (Å²) in [5.74, 6) is 0.892. The number of carbonyl (C=O) groups excluding carboxylic acids is 2. The van der Waals surface area contributed by atoms with E-state index in [1.807, 2.05) is 61.5 Å². The molecule has 1 aromatic heterocycles. The molecule has 33 heavy (non-hydrogen) atoms. The van der Waals surface area contributed by atoms with E-state index in [2.05, 4.69) is 26.1 Å². The second kappa shape index (κ2) is 9.90. The second-order valence-electron chi connectivity index (χ2n) is 9.19. The maximum Gasteiger partial charge on any atom is 0.245 e. The molecule has 7 heteroatoms. The van der Waals surface area contributed by atoms with E-state index >= 15 is 0 Å². The Morgan fingerprint density at radius 2 is 1.76 bits per heavy atom. The van der Waals surface area contributed by atoms with Crippen molar-refractivity contribution in [2.75, 3.05) is 26.0 Å². The fourth-order valence-corrected chi connectivity index (χ4v) is 3.36. The number of amides is 2. The molecule has 0 bridgehead atoms. The number of nitrogens with zero attached hydrogens (tertiary/aromatic N) is 3. The summed E-state index contributed by atoms with van der Waals surface area (Å²) in [7, 11) is 3.23. The Labute approximate surface area is 195 Å². The number of hydrogen-bond acceptors (Lipinski definition) is 4. The number of para-hydroxylation sites is 1. The van der Waals surface area contributed by atoms with E-state index in [0.29, 0.717) is 5.82 Å².